The van der Waals surface area contributed by atoms with Crippen molar-refractivity contribution in [3.05, 3.63) is 0 Å². The first kappa shape index (κ1) is 12.4. The summed E-state index contributed by atoms with van der Waals surface area (Å²) >= 11 is 0. The van der Waals surface area contributed by atoms with Crippen molar-refractivity contribution in [1.29, 1.82) is 0 Å². The summed E-state index contributed by atoms with van der Waals surface area (Å²) < 4.78 is 5.20. The molecule has 1 fully saturated rings. The van der Waals surface area contributed by atoms with Crippen LogP contribution in [0.3, 0.4) is 0 Å². The summed E-state index contributed by atoms with van der Waals surface area (Å²) in [6.45, 7) is 3.94. The van der Waals surface area contributed by atoms with Crippen LogP contribution in [0.4, 0.5) is 4.79 Å². The number of hydrogen-bond acceptors (Lipinski definition) is 4. The Morgan fingerprint density at radius 3 is 2.67 bits per heavy atom. The van der Waals surface area contributed by atoms with Gasteiger partial charge in [-0.2, -0.15) is 0 Å². The maximum atomic E-state index is 11.2. The van der Waals surface area contributed by atoms with Crippen LogP contribution in [-0.4, -0.2) is 42.3 Å². The number of nitrogens with one attached hydrogen (secondary N) is 2. The molecular formula is C8H17N2O4P. The van der Waals surface area contributed by atoms with Crippen LogP contribution in [-0.2, 0) is 9.32 Å². The molecule has 1 aliphatic rings. The van der Waals surface area contributed by atoms with E-state index in [1.54, 1.807) is 6.66 Å². The van der Waals surface area contributed by atoms with Gasteiger partial charge in [0.2, 0.25) is 0 Å². The second kappa shape index (κ2) is 4.88. The van der Waals surface area contributed by atoms with Crippen LogP contribution in [0.1, 0.15) is 13.3 Å². The van der Waals surface area contributed by atoms with Crippen molar-refractivity contribution in [1.82, 2.24) is 10.6 Å². The van der Waals surface area contributed by atoms with E-state index in [0.29, 0.717) is 19.2 Å². The molecule has 7 heteroatoms. The van der Waals surface area contributed by atoms with Crippen molar-refractivity contribution in [2.24, 2.45) is 0 Å². The van der Waals surface area contributed by atoms with Gasteiger partial charge in [-0.25, -0.2) is 0 Å². The van der Waals surface area contributed by atoms with E-state index in [2.05, 4.69) is 10.6 Å². The molecule has 1 rings (SSSR count). The Hall–Kier alpha value is -0.710. The summed E-state index contributed by atoms with van der Waals surface area (Å²) in [6.07, 6.45) is 0.843. The Labute approximate surface area is 88.9 Å². The van der Waals surface area contributed by atoms with Gasteiger partial charge in [0.25, 0.3) is 0 Å². The van der Waals surface area contributed by atoms with Crippen molar-refractivity contribution in [3.63, 3.8) is 0 Å². The van der Waals surface area contributed by atoms with Crippen LogP contribution in [0.15, 0.2) is 0 Å². The van der Waals surface area contributed by atoms with Crippen LogP contribution >= 0.6 is 7.72 Å². The van der Waals surface area contributed by atoms with Gasteiger partial charge in [0, 0.05) is 0 Å². The summed E-state index contributed by atoms with van der Waals surface area (Å²) in [5, 5.41) is 4.61. The number of imide groups is 1. The van der Waals surface area contributed by atoms with Crippen molar-refractivity contribution in [3.8, 4) is 0 Å². The predicted molar refractivity (Wildman–Crippen MR) is 58.0 cm³/mol. The van der Waals surface area contributed by atoms with Gasteiger partial charge in [-0.3, -0.25) is 0 Å². The molecule has 1 heterocycles. The van der Waals surface area contributed by atoms with Crippen LogP contribution in [0.2, 0.25) is 0 Å². The number of hydrogen-bond donors (Lipinski definition) is 3. The zero-order valence-corrected chi connectivity index (χ0v) is 9.87. The topological polar surface area (TPSA) is 87.7 Å². The molecule has 0 bridgehead atoms. The molecule has 0 aliphatic carbocycles. The molecule has 0 radical (unpaired) electrons. The molecule has 0 aromatic carbocycles. The monoisotopic (exact) mass is 236 g/mol. The number of rotatable bonds is 5. The molecule has 0 unspecified atom stereocenters. The fraction of sp³-hybridized carbons (Fsp3) is 0.750. The fourth-order valence-electron chi connectivity index (χ4n) is 1.46. The van der Waals surface area contributed by atoms with Crippen molar-refractivity contribution in [2.45, 2.75) is 19.4 Å². The third kappa shape index (κ3) is 3.74. The van der Waals surface area contributed by atoms with E-state index in [-0.39, 0.29) is 5.91 Å². The molecule has 6 nitrogen and oxygen atoms in total. The molecule has 15 heavy (non-hydrogen) atoms. The normalized spacial score (nSPS) is 22.5. The molecule has 1 saturated heterocycles. The Morgan fingerprint density at radius 2 is 2.20 bits per heavy atom. The van der Waals surface area contributed by atoms with E-state index >= 15 is 0 Å². The number of urea groups is 1. The van der Waals surface area contributed by atoms with Gasteiger partial charge in [0.15, 0.2) is 0 Å². The van der Waals surface area contributed by atoms with Crippen LogP contribution in [0, 0.1) is 0 Å². The molecule has 3 N–H and O–H groups in total. The quantitative estimate of drug-likeness (QED) is 0.456. The van der Waals surface area contributed by atoms with Crippen LogP contribution < -0.4 is 10.6 Å². The summed E-state index contributed by atoms with van der Waals surface area (Å²) in [6, 6.07) is -1.00. The standard InChI is InChI=1S/C8H17N2O4P/c1-3-14-15(2,13)5-4-6-7(11)10-8(12)9-6/h6,13,15H,3-5H2,1-2H3,(H2,9,10,11,12)/t6-/m1/s1. The summed E-state index contributed by atoms with van der Waals surface area (Å²) in [5.74, 6) is -0.332. The third-order valence-corrected chi connectivity index (χ3v) is 4.34. The molecule has 1 aliphatic heterocycles. The molecule has 0 aromatic rings. The van der Waals surface area contributed by atoms with Gasteiger partial charge in [-0.15, -0.1) is 0 Å². The van der Waals surface area contributed by atoms with Gasteiger partial charge in [-0.1, -0.05) is 0 Å². The molecule has 88 valence electrons. The van der Waals surface area contributed by atoms with Crippen molar-refractivity contribution >= 4 is 19.7 Å². The van der Waals surface area contributed by atoms with Gasteiger partial charge in [0.1, 0.15) is 0 Å². The summed E-state index contributed by atoms with van der Waals surface area (Å²) in [4.78, 5) is 31.7. The van der Waals surface area contributed by atoms with Gasteiger partial charge in [-0.05, 0) is 0 Å². The molecule has 0 aromatic heterocycles. The number of amides is 3. The average Bonchev–Trinajstić information content (AvgIpc) is 2.42. The van der Waals surface area contributed by atoms with Gasteiger partial charge in [0.05, 0.1) is 0 Å². The fourth-order valence-corrected chi connectivity index (χ4v) is 3.05. The first-order chi connectivity index (χ1) is 6.94. The SMILES string of the molecule is CCO[PH](C)(O)CC[C@H]1NC(=O)NC1=O. The van der Waals surface area contributed by atoms with Crippen molar-refractivity contribution in [2.75, 3.05) is 19.4 Å². The molecule has 0 spiro atoms. The van der Waals surface area contributed by atoms with E-state index in [4.69, 9.17) is 4.52 Å². The van der Waals surface area contributed by atoms with Crippen LogP contribution in [0.25, 0.3) is 0 Å². The summed E-state index contributed by atoms with van der Waals surface area (Å²) in [7, 11) is -2.65. The molecule has 0 saturated carbocycles. The van der Waals surface area contributed by atoms with E-state index in [1.807, 2.05) is 6.92 Å². The maximum absolute atomic E-state index is 11.2. The van der Waals surface area contributed by atoms with Gasteiger partial charge >= 0.3 is 88.1 Å². The Morgan fingerprint density at radius 1 is 1.53 bits per heavy atom. The molecule has 3 amide bonds. The van der Waals surface area contributed by atoms with E-state index in [1.165, 1.54) is 0 Å². The summed E-state index contributed by atoms with van der Waals surface area (Å²) in [5.41, 5.74) is 0. The first-order valence-corrected chi connectivity index (χ1v) is 7.48. The number of carbonyl (C=O) groups is 2. The van der Waals surface area contributed by atoms with Crippen molar-refractivity contribution < 1.29 is 19.0 Å². The number of carbonyl (C=O) groups excluding carboxylic acids is 2. The Kier molecular flexibility index (Phi) is 4.02. The zero-order chi connectivity index (χ0) is 11.5. The minimum atomic E-state index is -2.65. The second-order valence-electron chi connectivity index (χ2n) is 3.66. The second-order valence-corrected chi connectivity index (χ2v) is 6.80. The molecule has 1 atom stereocenters. The Bertz CT molecular complexity index is 269. The first-order valence-electron chi connectivity index (χ1n) is 4.92. The third-order valence-electron chi connectivity index (χ3n) is 2.21. The zero-order valence-electron chi connectivity index (χ0n) is 8.87. The molecular weight excluding hydrogens is 219 g/mol. The minimum absolute atomic E-state index is 0.332. The van der Waals surface area contributed by atoms with Crippen LogP contribution in [0.5, 0.6) is 0 Å². The Balaban J connectivity index is 2.37. The average molecular weight is 236 g/mol. The van der Waals surface area contributed by atoms with Gasteiger partial charge < -0.3 is 0 Å². The predicted octanol–water partition coefficient (Wildman–Crippen LogP) is -0.177. The van der Waals surface area contributed by atoms with E-state index in [9.17, 15) is 14.5 Å². The van der Waals surface area contributed by atoms with E-state index in [0.717, 1.165) is 0 Å². The van der Waals surface area contributed by atoms with E-state index < -0.39 is 19.8 Å².